The molecule has 0 radical (unpaired) electrons. The molecule has 100 valence electrons. The average Bonchev–Trinajstić information content (AvgIpc) is 2.46. The molecule has 0 aliphatic carbocycles. The third kappa shape index (κ3) is 2.38. The Hall–Kier alpha value is -1.38. The van der Waals surface area contributed by atoms with Crippen LogP contribution >= 0.6 is 0 Å². The number of piperidine rings is 1. The van der Waals surface area contributed by atoms with Crippen molar-refractivity contribution in [2.45, 2.75) is 31.8 Å². The number of rotatable bonds is 2. The highest BCUT2D eigenvalue weighted by molar-refractivity contribution is 5.83. The molecule has 2 unspecified atom stereocenters. The Bertz CT molecular complexity index is 564. The van der Waals surface area contributed by atoms with Crippen molar-refractivity contribution in [2.75, 3.05) is 13.1 Å². The van der Waals surface area contributed by atoms with Crippen molar-refractivity contribution in [2.24, 2.45) is 5.73 Å². The molecule has 0 aromatic heterocycles. The molecular formula is C17H22N2. The number of nitrogens with two attached hydrogens (primary N) is 1. The number of nitrogens with zero attached hydrogens (tertiary/aromatic N) is 1. The van der Waals surface area contributed by atoms with E-state index in [4.69, 9.17) is 5.73 Å². The molecule has 2 N–H and O–H groups in total. The smallest absolute Gasteiger partial charge is 0.0499 e. The Morgan fingerprint density at radius 1 is 1.16 bits per heavy atom. The maximum absolute atomic E-state index is 6.38. The first-order chi connectivity index (χ1) is 9.29. The fourth-order valence-corrected chi connectivity index (χ4v) is 3.30. The van der Waals surface area contributed by atoms with Crippen molar-refractivity contribution in [3.05, 3.63) is 48.0 Å². The summed E-state index contributed by atoms with van der Waals surface area (Å²) < 4.78 is 0. The molecule has 1 aliphatic rings. The second-order valence-corrected chi connectivity index (χ2v) is 5.49. The zero-order valence-electron chi connectivity index (χ0n) is 11.5. The quantitative estimate of drug-likeness (QED) is 0.890. The van der Waals surface area contributed by atoms with Crippen LogP contribution in [0, 0.1) is 0 Å². The van der Waals surface area contributed by atoms with Crippen molar-refractivity contribution in [3.63, 3.8) is 0 Å². The number of benzene rings is 2. The van der Waals surface area contributed by atoms with Crippen molar-refractivity contribution in [1.29, 1.82) is 0 Å². The highest BCUT2D eigenvalue weighted by Crippen LogP contribution is 2.31. The fourth-order valence-electron chi connectivity index (χ4n) is 3.30. The van der Waals surface area contributed by atoms with Gasteiger partial charge >= 0.3 is 0 Å². The van der Waals surface area contributed by atoms with Gasteiger partial charge in [-0.15, -0.1) is 0 Å². The molecule has 1 aliphatic heterocycles. The summed E-state index contributed by atoms with van der Waals surface area (Å²) in [6.45, 7) is 4.47. The van der Waals surface area contributed by atoms with E-state index in [0.717, 1.165) is 13.0 Å². The van der Waals surface area contributed by atoms with Gasteiger partial charge in [0.1, 0.15) is 0 Å². The van der Waals surface area contributed by atoms with Crippen LogP contribution in [0.15, 0.2) is 42.5 Å². The van der Waals surface area contributed by atoms with Crippen LogP contribution in [0.25, 0.3) is 10.8 Å². The van der Waals surface area contributed by atoms with Gasteiger partial charge in [0, 0.05) is 12.1 Å². The van der Waals surface area contributed by atoms with Gasteiger partial charge in [-0.05, 0) is 48.3 Å². The molecule has 1 saturated heterocycles. The van der Waals surface area contributed by atoms with Gasteiger partial charge < -0.3 is 5.73 Å². The van der Waals surface area contributed by atoms with Crippen LogP contribution in [-0.4, -0.2) is 24.0 Å². The Morgan fingerprint density at radius 3 is 2.74 bits per heavy atom. The number of likely N-dealkylation sites (tertiary alicyclic amines) is 1. The molecule has 2 atom stereocenters. The van der Waals surface area contributed by atoms with E-state index < -0.39 is 0 Å². The van der Waals surface area contributed by atoms with Gasteiger partial charge in [0.05, 0.1) is 0 Å². The number of fused-ring (bicyclic) bond motifs is 1. The number of likely N-dealkylation sites (N-methyl/N-ethyl adjacent to an activating group) is 1. The minimum absolute atomic E-state index is 0.259. The molecule has 2 aromatic rings. The Morgan fingerprint density at radius 2 is 1.95 bits per heavy atom. The molecule has 0 bridgehead atoms. The third-order valence-corrected chi connectivity index (χ3v) is 4.30. The maximum atomic E-state index is 6.38. The molecule has 1 fully saturated rings. The van der Waals surface area contributed by atoms with Crippen LogP contribution in [0.1, 0.15) is 31.4 Å². The van der Waals surface area contributed by atoms with E-state index in [1.807, 2.05) is 0 Å². The third-order valence-electron chi connectivity index (χ3n) is 4.30. The van der Waals surface area contributed by atoms with Gasteiger partial charge in [-0.1, -0.05) is 43.3 Å². The van der Waals surface area contributed by atoms with Gasteiger partial charge in [-0.3, -0.25) is 4.90 Å². The van der Waals surface area contributed by atoms with Crippen molar-refractivity contribution in [1.82, 2.24) is 4.90 Å². The van der Waals surface area contributed by atoms with Gasteiger partial charge in [0.15, 0.2) is 0 Å². The summed E-state index contributed by atoms with van der Waals surface area (Å²) in [5.41, 5.74) is 7.75. The molecule has 1 heterocycles. The monoisotopic (exact) mass is 254 g/mol. The predicted octanol–water partition coefficient (Wildman–Crippen LogP) is 3.32. The first-order valence-corrected chi connectivity index (χ1v) is 7.28. The summed E-state index contributed by atoms with van der Waals surface area (Å²) in [6.07, 6.45) is 2.35. The molecule has 2 heteroatoms. The van der Waals surface area contributed by atoms with Crippen LogP contribution in [0.4, 0.5) is 0 Å². The van der Waals surface area contributed by atoms with E-state index in [2.05, 4.69) is 54.3 Å². The normalized spacial score (nSPS) is 24.7. The summed E-state index contributed by atoms with van der Waals surface area (Å²) in [5.74, 6) is 0. The van der Waals surface area contributed by atoms with Crippen molar-refractivity contribution < 1.29 is 0 Å². The molecule has 19 heavy (non-hydrogen) atoms. The van der Waals surface area contributed by atoms with Crippen molar-refractivity contribution >= 4 is 10.8 Å². The molecule has 0 spiro atoms. The van der Waals surface area contributed by atoms with Crippen LogP contribution < -0.4 is 5.73 Å². The van der Waals surface area contributed by atoms with Gasteiger partial charge in [0.2, 0.25) is 0 Å². The molecule has 2 aromatic carbocycles. The molecule has 2 nitrogen and oxygen atoms in total. The van der Waals surface area contributed by atoms with Crippen LogP contribution in [0.3, 0.4) is 0 Å². The van der Waals surface area contributed by atoms with E-state index in [1.165, 1.54) is 29.3 Å². The topological polar surface area (TPSA) is 29.3 Å². The van der Waals surface area contributed by atoms with E-state index in [-0.39, 0.29) is 6.04 Å². The first kappa shape index (κ1) is 12.6. The Kier molecular flexibility index (Phi) is 3.54. The first-order valence-electron chi connectivity index (χ1n) is 7.28. The lowest BCUT2D eigenvalue weighted by atomic mass is 9.90. The highest BCUT2D eigenvalue weighted by atomic mass is 15.2. The van der Waals surface area contributed by atoms with Gasteiger partial charge in [-0.25, -0.2) is 0 Å². The molecule has 0 saturated carbocycles. The Labute approximate surface area is 115 Å². The molecule has 0 amide bonds. The van der Waals surface area contributed by atoms with Gasteiger partial charge in [0.25, 0.3) is 0 Å². The summed E-state index contributed by atoms with van der Waals surface area (Å²) in [5, 5.41) is 2.62. The average molecular weight is 254 g/mol. The zero-order chi connectivity index (χ0) is 13.2. The maximum Gasteiger partial charge on any atom is 0.0499 e. The standard InChI is InChI=1S/C17H22N2/c1-2-19-11-5-8-16(18)17(19)15-10-9-13-6-3-4-7-14(13)12-15/h3-4,6-7,9-10,12,16-17H,2,5,8,11,18H2,1H3. The van der Waals surface area contributed by atoms with Crippen LogP contribution in [0.5, 0.6) is 0 Å². The van der Waals surface area contributed by atoms with E-state index in [0.29, 0.717) is 6.04 Å². The van der Waals surface area contributed by atoms with Gasteiger partial charge in [-0.2, -0.15) is 0 Å². The van der Waals surface area contributed by atoms with E-state index in [1.54, 1.807) is 0 Å². The van der Waals surface area contributed by atoms with Crippen LogP contribution in [-0.2, 0) is 0 Å². The number of hydrogen-bond donors (Lipinski definition) is 1. The highest BCUT2D eigenvalue weighted by Gasteiger charge is 2.29. The summed E-state index contributed by atoms with van der Waals surface area (Å²) >= 11 is 0. The number of hydrogen-bond acceptors (Lipinski definition) is 2. The van der Waals surface area contributed by atoms with E-state index >= 15 is 0 Å². The fraction of sp³-hybridized carbons (Fsp3) is 0.412. The lowest BCUT2D eigenvalue weighted by molar-refractivity contribution is 0.136. The largest absolute Gasteiger partial charge is 0.326 e. The summed E-state index contributed by atoms with van der Waals surface area (Å²) in [7, 11) is 0. The summed E-state index contributed by atoms with van der Waals surface area (Å²) in [4.78, 5) is 2.51. The minimum atomic E-state index is 0.259. The zero-order valence-corrected chi connectivity index (χ0v) is 11.5. The minimum Gasteiger partial charge on any atom is -0.326 e. The second-order valence-electron chi connectivity index (χ2n) is 5.49. The predicted molar refractivity (Wildman–Crippen MR) is 81.1 cm³/mol. The Balaban J connectivity index is 2.01. The summed E-state index contributed by atoms with van der Waals surface area (Å²) in [6, 6.07) is 16.0. The van der Waals surface area contributed by atoms with Crippen LogP contribution in [0.2, 0.25) is 0 Å². The molecule has 3 rings (SSSR count). The van der Waals surface area contributed by atoms with Crippen molar-refractivity contribution in [3.8, 4) is 0 Å². The second kappa shape index (κ2) is 5.32. The SMILES string of the molecule is CCN1CCCC(N)C1c1ccc2ccccc2c1. The lowest BCUT2D eigenvalue weighted by Crippen LogP contribution is -2.45. The van der Waals surface area contributed by atoms with E-state index in [9.17, 15) is 0 Å². The molecular weight excluding hydrogens is 232 g/mol. The lowest BCUT2D eigenvalue weighted by Gasteiger charge is -2.39.